The zero-order valence-electron chi connectivity index (χ0n) is 15.3. The molecule has 0 amide bonds. The molecule has 0 saturated carbocycles. The summed E-state index contributed by atoms with van der Waals surface area (Å²) in [5, 5.41) is 8.78. The van der Waals surface area contributed by atoms with Crippen LogP contribution >= 0.6 is 0 Å². The van der Waals surface area contributed by atoms with Crippen LogP contribution in [0.4, 0.5) is 0 Å². The molecule has 0 aliphatic rings. The van der Waals surface area contributed by atoms with Gasteiger partial charge in [0.1, 0.15) is 0 Å². The van der Waals surface area contributed by atoms with Gasteiger partial charge in [0.05, 0.1) is 6.07 Å². The van der Waals surface area contributed by atoms with Gasteiger partial charge in [0.2, 0.25) is 0 Å². The van der Waals surface area contributed by atoms with Gasteiger partial charge in [-0.1, -0.05) is 58.8 Å². The van der Waals surface area contributed by atoms with Crippen LogP contribution in [0, 0.1) is 17.2 Å². The van der Waals surface area contributed by atoms with Crippen LogP contribution in [0.2, 0.25) is 0 Å². The molecule has 130 valence electrons. The van der Waals surface area contributed by atoms with E-state index in [2.05, 4.69) is 19.9 Å². The number of unbranched alkanes of at least 4 members (excludes halogenated alkanes) is 6. The molecule has 0 aromatic carbocycles. The van der Waals surface area contributed by atoms with E-state index >= 15 is 0 Å². The first-order valence-corrected chi connectivity index (χ1v) is 9.17. The van der Waals surface area contributed by atoms with E-state index in [4.69, 9.17) is 14.7 Å². The van der Waals surface area contributed by atoms with E-state index in [0.29, 0.717) is 12.3 Å². The molecule has 0 aromatic heterocycles. The van der Waals surface area contributed by atoms with Crippen molar-refractivity contribution in [2.24, 2.45) is 5.92 Å². The molecule has 0 spiro atoms. The van der Waals surface area contributed by atoms with Crippen LogP contribution in [0.15, 0.2) is 0 Å². The average Bonchev–Trinajstić information content (AvgIpc) is 2.54. The first-order valence-electron chi connectivity index (χ1n) is 9.17. The number of methoxy groups -OCH3 is 2. The lowest BCUT2D eigenvalue weighted by molar-refractivity contribution is -0.247. The Morgan fingerprint density at radius 1 is 0.864 bits per heavy atom. The van der Waals surface area contributed by atoms with Gasteiger partial charge in [-0.2, -0.15) is 5.26 Å². The van der Waals surface area contributed by atoms with Gasteiger partial charge in [-0.25, -0.2) is 0 Å². The van der Waals surface area contributed by atoms with Crippen molar-refractivity contribution in [2.75, 3.05) is 14.2 Å². The zero-order valence-corrected chi connectivity index (χ0v) is 15.3. The minimum atomic E-state index is -0.465. The molecule has 22 heavy (non-hydrogen) atoms. The second-order valence-corrected chi connectivity index (χ2v) is 6.27. The molecule has 0 aliphatic carbocycles. The molecule has 0 aromatic rings. The summed E-state index contributed by atoms with van der Waals surface area (Å²) in [7, 11) is 3.52. The summed E-state index contributed by atoms with van der Waals surface area (Å²) in [6.07, 6.45) is 13.6. The molecule has 0 rings (SSSR count). The highest BCUT2D eigenvalue weighted by Gasteiger charge is 2.37. The number of nitriles is 1. The van der Waals surface area contributed by atoms with Crippen molar-refractivity contribution >= 4 is 0 Å². The molecular formula is C19H37NO2. The standard InChI is InChI=1S/C19H37NO2/c1-5-7-8-9-10-11-14-18(15-12-13-17-20)19(21-3,22-4)16-6-2/h18H,5-16H2,1-4H3. The molecule has 0 aliphatic heterocycles. The Bertz CT molecular complexity index is 282. The first kappa shape index (κ1) is 21.4. The van der Waals surface area contributed by atoms with Crippen LogP contribution in [0.3, 0.4) is 0 Å². The van der Waals surface area contributed by atoms with Gasteiger partial charge in [0.15, 0.2) is 5.79 Å². The van der Waals surface area contributed by atoms with E-state index in [0.717, 1.165) is 32.1 Å². The topological polar surface area (TPSA) is 42.2 Å². The van der Waals surface area contributed by atoms with E-state index in [1.165, 1.54) is 38.5 Å². The fraction of sp³-hybridized carbons (Fsp3) is 0.947. The molecule has 3 nitrogen and oxygen atoms in total. The van der Waals surface area contributed by atoms with E-state index in [9.17, 15) is 0 Å². The minimum absolute atomic E-state index is 0.391. The SMILES string of the molecule is CCCCCCCCC(CCCC#N)C(CCC)(OC)OC. The molecule has 3 heteroatoms. The van der Waals surface area contributed by atoms with Crippen molar-refractivity contribution in [1.82, 2.24) is 0 Å². The molecule has 0 radical (unpaired) electrons. The van der Waals surface area contributed by atoms with E-state index < -0.39 is 5.79 Å². The minimum Gasteiger partial charge on any atom is -0.353 e. The Hall–Kier alpha value is -0.590. The normalized spacial score (nSPS) is 13.0. The number of rotatable bonds is 15. The van der Waals surface area contributed by atoms with Crippen molar-refractivity contribution in [3.63, 3.8) is 0 Å². The quantitative estimate of drug-likeness (QED) is 0.282. The number of ether oxygens (including phenoxy) is 2. The van der Waals surface area contributed by atoms with Gasteiger partial charge in [0.25, 0.3) is 0 Å². The van der Waals surface area contributed by atoms with Gasteiger partial charge in [-0.15, -0.1) is 0 Å². The number of nitrogens with zero attached hydrogens (tertiary/aromatic N) is 1. The second-order valence-electron chi connectivity index (χ2n) is 6.27. The maximum Gasteiger partial charge on any atom is 0.170 e. The van der Waals surface area contributed by atoms with Crippen LogP contribution in [0.1, 0.15) is 90.9 Å². The summed E-state index contributed by atoms with van der Waals surface area (Å²) in [5.74, 6) is -0.0739. The molecule has 0 heterocycles. The third-order valence-corrected chi connectivity index (χ3v) is 4.66. The summed E-state index contributed by atoms with van der Waals surface area (Å²) < 4.78 is 11.6. The molecular weight excluding hydrogens is 274 g/mol. The highest BCUT2D eigenvalue weighted by Crippen LogP contribution is 2.35. The van der Waals surface area contributed by atoms with Crippen molar-refractivity contribution in [3.05, 3.63) is 0 Å². The van der Waals surface area contributed by atoms with Crippen LogP contribution in [-0.2, 0) is 9.47 Å². The van der Waals surface area contributed by atoms with Gasteiger partial charge < -0.3 is 9.47 Å². The van der Waals surface area contributed by atoms with Crippen molar-refractivity contribution in [3.8, 4) is 6.07 Å². The lowest BCUT2D eigenvalue weighted by atomic mass is 9.85. The van der Waals surface area contributed by atoms with Crippen LogP contribution in [0.5, 0.6) is 0 Å². The Morgan fingerprint density at radius 2 is 1.45 bits per heavy atom. The largest absolute Gasteiger partial charge is 0.353 e. The Kier molecular flexibility index (Phi) is 13.7. The lowest BCUT2D eigenvalue weighted by Crippen LogP contribution is -2.42. The predicted molar refractivity (Wildman–Crippen MR) is 92.6 cm³/mol. The van der Waals surface area contributed by atoms with Crippen molar-refractivity contribution in [2.45, 2.75) is 96.7 Å². The maximum absolute atomic E-state index is 8.78. The summed E-state index contributed by atoms with van der Waals surface area (Å²) >= 11 is 0. The van der Waals surface area contributed by atoms with Gasteiger partial charge in [-0.3, -0.25) is 0 Å². The molecule has 1 atom stereocenters. The Morgan fingerprint density at radius 3 is 2.00 bits per heavy atom. The first-order chi connectivity index (χ1) is 10.7. The van der Waals surface area contributed by atoms with E-state index in [-0.39, 0.29) is 0 Å². The fourth-order valence-electron chi connectivity index (χ4n) is 3.36. The molecule has 1 unspecified atom stereocenters. The predicted octanol–water partition coefficient (Wildman–Crippen LogP) is 5.84. The average molecular weight is 312 g/mol. The monoisotopic (exact) mass is 311 g/mol. The van der Waals surface area contributed by atoms with Crippen LogP contribution < -0.4 is 0 Å². The second kappa shape index (κ2) is 14.0. The van der Waals surface area contributed by atoms with Crippen LogP contribution in [-0.4, -0.2) is 20.0 Å². The van der Waals surface area contributed by atoms with Gasteiger partial charge in [-0.05, 0) is 19.3 Å². The molecule has 0 saturated heterocycles. The maximum atomic E-state index is 8.78. The molecule has 0 bridgehead atoms. The Labute approximate surface area is 138 Å². The van der Waals surface area contributed by atoms with Crippen molar-refractivity contribution in [1.29, 1.82) is 5.26 Å². The van der Waals surface area contributed by atoms with E-state index in [1.807, 2.05) is 0 Å². The third kappa shape index (κ3) is 8.15. The summed E-state index contributed by atoms with van der Waals surface area (Å²) in [4.78, 5) is 0. The summed E-state index contributed by atoms with van der Waals surface area (Å²) in [5.41, 5.74) is 0. The Balaban J connectivity index is 4.48. The van der Waals surface area contributed by atoms with E-state index in [1.54, 1.807) is 14.2 Å². The highest BCUT2D eigenvalue weighted by atomic mass is 16.7. The number of hydrogen-bond acceptors (Lipinski definition) is 3. The smallest absolute Gasteiger partial charge is 0.170 e. The molecule has 0 N–H and O–H groups in total. The molecule has 0 fully saturated rings. The fourth-order valence-corrected chi connectivity index (χ4v) is 3.36. The number of hydrogen-bond donors (Lipinski definition) is 0. The highest BCUT2D eigenvalue weighted by molar-refractivity contribution is 4.81. The van der Waals surface area contributed by atoms with Crippen LogP contribution in [0.25, 0.3) is 0 Å². The van der Waals surface area contributed by atoms with Gasteiger partial charge in [0, 0.05) is 33.0 Å². The summed E-state index contributed by atoms with van der Waals surface area (Å²) in [6.45, 7) is 4.42. The third-order valence-electron chi connectivity index (χ3n) is 4.66. The zero-order chi connectivity index (χ0) is 16.7. The van der Waals surface area contributed by atoms with Gasteiger partial charge >= 0.3 is 0 Å². The summed E-state index contributed by atoms with van der Waals surface area (Å²) in [6, 6.07) is 2.25. The lowest BCUT2D eigenvalue weighted by Gasteiger charge is -2.38. The van der Waals surface area contributed by atoms with Crippen molar-refractivity contribution < 1.29 is 9.47 Å².